The first-order valence-electron chi connectivity index (χ1n) is 10.2. The first-order valence-corrected chi connectivity index (χ1v) is 10.2. The van der Waals surface area contributed by atoms with E-state index in [1.54, 1.807) is 4.90 Å². The van der Waals surface area contributed by atoms with Gasteiger partial charge in [0.05, 0.1) is 11.0 Å². The molecular weight excluding hydrogens is 364 g/mol. The highest BCUT2D eigenvalue weighted by Crippen LogP contribution is 2.31. The van der Waals surface area contributed by atoms with E-state index >= 15 is 0 Å². The Morgan fingerprint density at radius 1 is 1.14 bits per heavy atom. The third-order valence-electron chi connectivity index (χ3n) is 6.09. The number of hydrogen-bond donors (Lipinski definition) is 0. The number of anilines is 1. The zero-order valence-electron chi connectivity index (χ0n) is 16.5. The Bertz CT molecular complexity index is 1100. The number of likely N-dealkylation sites (N-methyl/N-ethyl adjacent to an activating group) is 1. The molecular formula is C23H24N4O2. The topological polar surface area (TPSA) is 58.4 Å². The van der Waals surface area contributed by atoms with Gasteiger partial charge in [0, 0.05) is 38.2 Å². The van der Waals surface area contributed by atoms with Gasteiger partial charge in [-0.1, -0.05) is 30.3 Å². The number of hydrogen-bond acceptors (Lipinski definition) is 3. The van der Waals surface area contributed by atoms with Crippen LogP contribution in [0, 0.1) is 0 Å². The Morgan fingerprint density at radius 3 is 2.76 bits per heavy atom. The van der Waals surface area contributed by atoms with E-state index in [2.05, 4.69) is 6.07 Å². The second-order valence-corrected chi connectivity index (χ2v) is 8.00. The molecule has 0 N–H and O–H groups in total. The Labute approximate surface area is 169 Å². The zero-order chi connectivity index (χ0) is 20.0. The Hall–Kier alpha value is -3.15. The highest BCUT2D eigenvalue weighted by Gasteiger charge is 2.33. The van der Waals surface area contributed by atoms with Gasteiger partial charge in [-0.15, -0.1) is 0 Å². The number of aryl methyl sites for hydroxylation is 1. The molecule has 2 aliphatic rings. The van der Waals surface area contributed by atoms with Gasteiger partial charge in [-0.05, 0) is 36.6 Å². The lowest BCUT2D eigenvalue weighted by atomic mass is 10.0. The number of rotatable bonds is 3. The number of nitrogens with zero attached hydrogens (tertiary/aromatic N) is 4. The average molecular weight is 388 g/mol. The van der Waals surface area contributed by atoms with Crippen LogP contribution in [0.4, 0.5) is 5.69 Å². The summed E-state index contributed by atoms with van der Waals surface area (Å²) >= 11 is 0. The molecule has 2 aliphatic heterocycles. The largest absolute Gasteiger partial charge is 0.345 e. The third kappa shape index (κ3) is 3.09. The van der Waals surface area contributed by atoms with E-state index in [0.717, 1.165) is 41.9 Å². The number of benzene rings is 2. The molecule has 6 nitrogen and oxygen atoms in total. The molecule has 6 heteroatoms. The van der Waals surface area contributed by atoms with Crippen LogP contribution in [0.1, 0.15) is 30.1 Å². The Kier molecular flexibility index (Phi) is 4.34. The number of fused-ring (bicyclic) bond motifs is 2. The molecule has 3 aromatic rings. The van der Waals surface area contributed by atoms with E-state index in [1.807, 2.05) is 59.0 Å². The highest BCUT2D eigenvalue weighted by molar-refractivity contribution is 5.95. The fourth-order valence-corrected chi connectivity index (χ4v) is 4.62. The van der Waals surface area contributed by atoms with E-state index in [9.17, 15) is 9.59 Å². The third-order valence-corrected chi connectivity index (χ3v) is 6.09. The van der Waals surface area contributed by atoms with Crippen molar-refractivity contribution in [3.05, 3.63) is 59.9 Å². The van der Waals surface area contributed by atoms with Crippen LogP contribution in [0.15, 0.2) is 48.5 Å². The smallest absolute Gasteiger partial charge is 0.246 e. The average Bonchev–Trinajstić information content (AvgIpc) is 3.27. The van der Waals surface area contributed by atoms with Gasteiger partial charge < -0.3 is 14.4 Å². The molecule has 1 atom stereocenters. The molecule has 1 unspecified atom stereocenters. The fourth-order valence-electron chi connectivity index (χ4n) is 4.62. The van der Waals surface area contributed by atoms with Crippen molar-refractivity contribution < 1.29 is 9.59 Å². The van der Waals surface area contributed by atoms with Gasteiger partial charge in [-0.25, -0.2) is 4.98 Å². The monoisotopic (exact) mass is 388 g/mol. The Morgan fingerprint density at radius 2 is 1.93 bits per heavy atom. The van der Waals surface area contributed by atoms with Crippen LogP contribution in [0.5, 0.6) is 0 Å². The van der Waals surface area contributed by atoms with Crippen molar-refractivity contribution in [3.8, 4) is 0 Å². The molecule has 1 saturated heterocycles. The first kappa shape index (κ1) is 17.9. The first-order chi connectivity index (χ1) is 14.1. The molecule has 0 bridgehead atoms. The fraction of sp³-hybridized carbons (Fsp3) is 0.348. The van der Waals surface area contributed by atoms with E-state index < -0.39 is 0 Å². The standard InChI is InChI=1S/C23H24N4O2/c1-25-14-17(13-21(25)28)23-24-18-9-3-5-11-20(18)27(23)15-22(29)26-12-6-8-16-7-2-4-10-19(16)26/h2-5,7,9-11,17H,6,8,12-15H2,1H3. The number of carbonyl (C=O) groups is 2. The lowest BCUT2D eigenvalue weighted by Crippen LogP contribution is -2.38. The molecule has 5 rings (SSSR count). The summed E-state index contributed by atoms with van der Waals surface area (Å²) < 4.78 is 2.02. The van der Waals surface area contributed by atoms with Crippen molar-refractivity contribution >= 4 is 28.5 Å². The minimum atomic E-state index is 0.0151. The number of para-hydroxylation sites is 3. The van der Waals surface area contributed by atoms with Crippen LogP contribution in [0.2, 0.25) is 0 Å². The molecule has 0 aliphatic carbocycles. The van der Waals surface area contributed by atoms with Crippen molar-refractivity contribution in [3.63, 3.8) is 0 Å². The Balaban J connectivity index is 1.51. The number of carbonyl (C=O) groups excluding carboxylic acids is 2. The van der Waals surface area contributed by atoms with E-state index in [1.165, 1.54) is 5.56 Å². The maximum atomic E-state index is 13.4. The molecule has 1 aromatic heterocycles. The normalized spacial score (nSPS) is 19.1. The van der Waals surface area contributed by atoms with Crippen LogP contribution in [0.3, 0.4) is 0 Å². The van der Waals surface area contributed by atoms with Gasteiger partial charge in [0.15, 0.2) is 0 Å². The van der Waals surface area contributed by atoms with Crippen molar-refractivity contribution in [1.29, 1.82) is 0 Å². The molecule has 2 amide bonds. The van der Waals surface area contributed by atoms with Crippen molar-refractivity contribution in [2.24, 2.45) is 0 Å². The van der Waals surface area contributed by atoms with Gasteiger partial charge in [0.25, 0.3) is 0 Å². The van der Waals surface area contributed by atoms with Crippen molar-refractivity contribution in [2.75, 3.05) is 25.0 Å². The van der Waals surface area contributed by atoms with Crippen LogP contribution in [0.25, 0.3) is 11.0 Å². The van der Waals surface area contributed by atoms with E-state index in [-0.39, 0.29) is 24.3 Å². The van der Waals surface area contributed by atoms with Gasteiger partial charge in [-0.2, -0.15) is 0 Å². The van der Waals surface area contributed by atoms with Crippen LogP contribution in [-0.2, 0) is 22.6 Å². The number of imidazole rings is 1. The summed E-state index contributed by atoms with van der Waals surface area (Å²) in [5.41, 5.74) is 4.07. The van der Waals surface area contributed by atoms with Crippen LogP contribution < -0.4 is 4.90 Å². The molecule has 2 aromatic carbocycles. The summed E-state index contributed by atoms with van der Waals surface area (Å²) in [4.78, 5) is 33.9. The van der Waals surface area contributed by atoms with Crippen LogP contribution in [-0.4, -0.2) is 46.4 Å². The maximum absolute atomic E-state index is 13.4. The molecule has 0 radical (unpaired) electrons. The quantitative estimate of drug-likeness (QED) is 0.693. The van der Waals surface area contributed by atoms with Crippen LogP contribution >= 0.6 is 0 Å². The molecule has 0 spiro atoms. The molecule has 148 valence electrons. The second kappa shape index (κ2) is 7.03. The number of likely N-dealkylation sites (tertiary alicyclic amines) is 1. The number of amides is 2. The van der Waals surface area contributed by atoms with E-state index in [4.69, 9.17) is 4.98 Å². The summed E-state index contributed by atoms with van der Waals surface area (Å²) in [6, 6.07) is 16.1. The summed E-state index contributed by atoms with van der Waals surface area (Å²) in [5.74, 6) is 1.05. The maximum Gasteiger partial charge on any atom is 0.246 e. The van der Waals surface area contributed by atoms with Crippen molar-refractivity contribution in [1.82, 2.24) is 14.5 Å². The minimum Gasteiger partial charge on any atom is -0.345 e. The lowest BCUT2D eigenvalue weighted by Gasteiger charge is -2.30. The molecule has 1 fully saturated rings. The zero-order valence-corrected chi connectivity index (χ0v) is 16.5. The van der Waals surface area contributed by atoms with E-state index in [0.29, 0.717) is 13.0 Å². The predicted molar refractivity (Wildman–Crippen MR) is 112 cm³/mol. The van der Waals surface area contributed by atoms with Gasteiger partial charge in [0.1, 0.15) is 12.4 Å². The molecule has 29 heavy (non-hydrogen) atoms. The lowest BCUT2D eigenvalue weighted by molar-refractivity contribution is -0.126. The summed E-state index contributed by atoms with van der Waals surface area (Å²) in [7, 11) is 1.82. The summed E-state index contributed by atoms with van der Waals surface area (Å²) in [6.45, 7) is 1.62. The minimum absolute atomic E-state index is 0.0151. The van der Waals surface area contributed by atoms with Gasteiger partial charge in [0.2, 0.25) is 11.8 Å². The predicted octanol–water partition coefficient (Wildman–Crippen LogP) is 2.96. The second-order valence-electron chi connectivity index (χ2n) is 8.00. The number of aromatic nitrogens is 2. The summed E-state index contributed by atoms with van der Waals surface area (Å²) in [5, 5.41) is 0. The van der Waals surface area contributed by atoms with Gasteiger partial charge >= 0.3 is 0 Å². The van der Waals surface area contributed by atoms with Crippen molar-refractivity contribution in [2.45, 2.75) is 31.7 Å². The molecule has 0 saturated carbocycles. The SMILES string of the molecule is CN1CC(c2nc3ccccc3n2CC(=O)N2CCCc3ccccc32)CC1=O. The summed E-state index contributed by atoms with van der Waals surface area (Å²) in [6.07, 6.45) is 2.43. The van der Waals surface area contributed by atoms with Gasteiger partial charge in [-0.3, -0.25) is 9.59 Å². The molecule has 3 heterocycles. The highest BCUT2D eigenvalue weighted by atomic mass is 16.2.